The lowest BCUT2D eigenvalue weighted by molar-refractivity contribution is -0.139. The number of nitrogens with zero attached hydrogens (tertiary/aromatic N) is 3. The van der Waals surface area contributed by atoms with Crippen molar-refractivity contribution < 1.29 is 46.9 Å². The topological polar surface area (TPSA) is 138 Å². The number of hydrogen-bond acceptors (Lipinski definition) is 9. The summed E-state index contributed by atoms with van der Waals surface area (Å²) in [5.41, 5.74) is 2.81. The van der Waals surface area contributed by atoms with E-state index in [-0.39, 0.29) is 24.4 Å². The fourth-order valence-corrected chi connectivity index (χ4v) is 11.2. The molecule has 6 aromatic rings. The third-order valence-corrected chi connectivity index (χ3v) is 14.4. The number of carbonyl (C=O) groups is 4. The first-order chi connectivity index (χ1) is 32.6. The summed E-state index contributed by atoms with van der Waals surface area (Å²) in [5, 5.41) is 13.9. The van der Waals surface area contributed by atoms with Crippen molar-refractivity contribution in [2.45, 2.75) is 30.4 Å². The fraction of sp³-hybridized carbons (Fsp3) is 0.212. The molecule has 11 nitrogen and oxygen atoms in total. The van der Waals surface area contributed by atoms with Gasteiger partial charge in [0.25, 0.3) is 11.8 Å². The molecular formula is C52H39Cl2F3N4O7. The quantitative estimate of drug-likeness (QED) is 0.0824. The number of halogens is 5. The van der Waals surface area contributed by atoms with E-state index in [4.69, 9.17) is 32.7 Å². The van der Waals surface area contributed by atoms with Gasteiger partial charge in [0.05, 0.1) is 53.7 Å². The van der Waals surface area contributed by atoms with Gasteiger partial charge in [0.15, 0.2) is 5.82 Å². The molecule has 344 valence electrons. The molecule has 1 aromatic heterocycles. The largest absolute Gasteiger partial charge is 0.508 e. The van der Waals surface area contributed by atoms with E-state index in [1.807, 2.05) is 36.4 Å². The van der Waals surface area contributed by atoms with Crippen molar-refractivity contribution in [3.8, 4) is 17.2 Å². The highest BCUT2D eigenvalue weighted by molar-refractivity contribution is 6.33. The molecule has 68 heavy (non-hydrogen) atoms. The van der Waals surface area contributed by atoms with Gasteiger partial charge in [-0.05, 0) is 95.3 Å². The zero-order valence-electron chi connectivity index (χ0n) is 36.1. The molecule has 3 fully saturated rings. The Bertz CT molecular complexity index is 3140. The number of rotatable bonds is 9. The molecule has 0 bridgehead atoms. The summed E-state index contributed by atoms with van der Waals surface area (Å²) in [7, 11) is 3.15. The lowest BCUT2D eigenvalue weighted by atomic mass is 9.48. The number of allylic oxidation sites excluding steroid dienone is 2. The number of benzene rings is 5. The summed E-state index contributed by atoms with van der Waals surface area (Å²) in [4.78, 5) is 65.5. The van der Waals surface area contributed by atoms with Crippen LogP contribution in [0.2, 0.25) is 10.0 Å². The molecule has 0 unspecified atom stereocenters. The molecule has 2 N–H and O–H groups in total. The second-order valence-corrected chi connectivity index (χ2v) is 18.0. The average molecular weight is 960 g/mol. The van der Waals surface area contributed by atoms with E-state index in [1.54, 1.807) is 93.1 Å². The first-order valence-corrected chi connectivity index (χ1v) is 22.3. The summed E-state index contributed by atoms with van der Waals surface area (Å²) in [6, 6.07) is 29.9. The van der Waals surface area contributed by atoms with Gasteiger partial charge in [-0.15, -0.1) is 0 Å². The van der Waals surface area contributed by atoms with Crippen LogP contribution in [0.15, 0.2) is 127 Å². The zero-order chi connectivity index (χ0) is 47.8. The smallest absolute Gasteiger partial charge is 0.417 e. The number of hydrazine groups is 1. The van der Waals surface area contributed by atoms with Crippen LogP contribution in [-0.2, 0) is 30.8 Å². The molecule has 2 aliphatic carbocycles. The van der Waals surface area contributed by atoms with Crippen LogP contribution in [0.5, 0.6) is 17.2 Å². The number of hydrogen-bond donors (Lipinski definition) is 2. The Kier molecular flexibility index (Phi) is 11.1. The molecule has 3 heterocycles. The number of phenols is 1. The Labute approximate surface area is 397 Å². The third kappa shape index (κ3) is 7.07. The number of fused-ring (bicyclic) bond motifs is 5. The molecule has 6 atom stereocenters. The van der Waals surface area contributed by atoms with Gasteiger partial charge in [0.2, 0.25) is 11.8 Å². The maximum Gasteiger partial charge on any atom is 0.417 e. The SMILES string of the molecule is COc1ccc(OC)c(C=Cc2ccc(N3C(=O)[C@H]4[C@H](CC=C5[C@H]4C[C@H]4C(=O)N(Nc6ncc(C(F)(F)F)cc6Cl)C(=O)[C@@]4(c4ccc(Cl)cc4)[C@H]5c4c(O)ccc5ccccc45)C3=O)cc2)c1. The van der Waals surface area contributed by atoms with Crippen LogP contribution in [0.1, 0.15) is 46.6 Å². The molecule has 2 aliphatic heterocycles. The fourth-order valence-electron chi connectivity index (χ4n) is 10.8. The molecular weight excluding hydrogens is 920 g/mol. The Morgan fingerprint density at radius 2 is 1.59 bits per heavy atom. The van der Waals surface area contributed by atoms with Gasteiger partial charge in [-0.25, -0.2) is 4.98 Å². The molecule has 5 aromatic carbocycles. The van der Waals surface area contributed by atoms with Crippen LogP contribution >= 0.6 is 23.2 Å². The molecule has 10 rings (SSSR count). The maximum atomic E-state index is 15.7. The molecule has 0 spiro atoms. The van der Waals surface area contributed by atoms with Crippen LogP contribution in [0.4, 0.5) is 24.7 Å². The molecule has 0 radical (unpaired) electrons. The number of aromatic nitrogens is 1. The zero-order valence-corrected chi connectivity index (χ0v) is 37.6. The number of pyridine rings is 1. The Hall–Kier alpha value is -7.16. The highest BCUT2D eigenvalue weighted by atomic mass is 35.5. The Morgan fingerprint density at radius 3 is 2.29 bits per heavy atom. The van der Waals surface area contributed by atoms with Gasteiger partial charge in [0.1, 0.15) is 17.2 Å². The monoisotopic (exact) mass is 958 g/mol. The lowest BCUT2D eigenvalue weighted by Crippen LogP contribution is -2.53. The van der Waals surface area contributed by atoms with Gasteiger partial charge < -0.3 is 14.6 Å². The van der Waals surface area contributed by atoms with Crippen LogP contribution in [0.3, 0.4) is 0 Å². The first kappa shape index (κ1) is 44.7. The summed E-state index contributed by atoms with van der Waals surface area (Å²) in [5.74, 6) is -6.76. The van der Waals surface area contributed by atoms with Gasteiger partial charge >= 0.3 is 6.18 Å². The average Bonchev–Trinajstić information content (AvgIpc) is 3.71. The van der Waals surface area contributed by atoms with E-state index >= 15 is 14.4 Å². The van der Waals surface area contributed by atoms with E-state index in [1.165, 1.54) is 11.0 Å². The minimum absolute atomic E-state index is 0.0983. The van der Waals surface area contributed by atoms with Crippen LogP contribution < -0.4 is 19.8 Å². The molecule has 4 amide bonds. The first-order valence-electron chi connectivity index (χ1n) is 21.6. The predicted octanol–water partition coefficient (Wildman–Crippen LogP) is 10.6. The van der Waals surface area contributed by atoms with Crippen molar-refractivity contribution >= 4 is 81.3 Å². The van der Waals surface area contributed by atoms with E-state index in [0.29, 0.717) is 61.9 Å². The second-order valence-electron chi connectivity index (χ2n) is 17.2. The highest BCUT2D eigenvalue weighted by Gasteiger charge is 2.71. The van der Waals surface area contributed by atoms with Gasteiger partial charge in [0, 0.05) is 28.3 Å². The highest BCUT2D eigenvalue weighted by Crippen LogP contribution is 2.65. The number of alkyl halides is 3. The number of nitrogens with one attached hydrogen (secondary N) is 1. The standard InChI is InChI=1S/C52H39Cl2F3N4O7/c1-67-34-18-22-42(68-2)29(23-34)10-7-27-8-16-33(17-9-27)60-47(63)37-20-19-36-38(43(37)49(60)65)25-39-48(64)61(59-46-40(54)24-31(26-58-46)52(55,56)57)50(66)51(39,30-12-14-32(53)15-13-30)45(36)44-35-6-4-3-5-28(35)11-21-41(44)62/h3-19,21-24,26,37-39,43,45,62H,20,25H2,1-2H3,(H,58,59)/t37-,38+,39-,43-,45+,51+/m0/s1. The number of amides is 4. The molecule has 1 saturated carbocycles. The number of anilines is 2. The third-order valence-electron chi connectivity index (χ3n) is 13.8. The maximum absolute atomic E-state index is 15.7. The van der Waals surface area contributed by atoms with Crippen molar-refractivity contribution in [3.05, 3.63) is 165 Å². The molecule has 4 aliphatic rings. The van der Waals surface area contributed by atoms with E-state index in [2.05, 4.69) is 10.4 Å². The summed E-state index contributed by atoms with van der Waals surface area (Å²) in [6.45, 7) is 0. The van der Waals surface area contributed by atoms with Crippen LogP contribution in [0.25, 0.3) is 22.9 Å². The van der Waals surface area contributed by atoms with Gasteiger partial charge in [-0.1, -0.05) is 102 Å². The van der Waals surface area contributed by atoms with Crippen LogP contribution in [0, 0.1) is 23.7 Å². The Balaban J connectivity index is 1.08. The minimum atomic E-state index is -4.78. The summed E-state index contributed by atoms with van der Waals surface area (Å²) >= 11 is 12.8. The van der Waals surface area contributed by atoms with Crippen molar-refractivity contribution in [1.29, 1.82) is 0 Å². The molecule has 16 heteroatoms. The number of ether oxygens (including phenoxy) is 2. The minimum Gasteiger partial charge on any atom is -0.508 e. The number of aromatic hydroxyl groups is 1. The van der Waals surface area contributed by atoms with Crippen LogP contribution in [-0.4, -0.2) is 52.9 Å². The number of carbonyl (C=O) groups excluding carboxylic acids is 4. The van der Waals surface area contributed by atoms with Crippen molar-refractivity contribution in [2.24, 2.45) is 23.7 Å². The van der Waals surface area contributed by atoms with E-state index < -0.39 is 75.4 Å². The lowest BCUT2D eigenvalue weighted by Gasteiger charge is -2.51. The van der Waals surface area contributed by atoms with E-state index in [9.17, 15) is 23.1 Å². The van der Waals surface area contributed by atoms with Gasteiger partial charge in [-0.3, -0.25) is 29.5 Å². The summed E-state index contributed by atoms with van der Waals surface area (Å²) in [6.07, 6.45) is 1.36. The Morgan fingerprint density at radius 1 is 0.838 bits per heavy atom. The summed E-state index contributed by atoms with van der Waals surface area (Å²) < 4.78 is 51.9. The number of imide groups is 2. The number of methoxy groups -OCH3 is 2. The number of phenolic OH excluding ortho intramolecular Hbond substituents is 1. The predicted molar refractivity (Wildman–Crippen MR) is 250 cm³/mol. The molecule has 2 saturated heterocycles. The van der Waals surface area contributed by atoms with Crippen molar-refractivity contribution in [2.75, 3.05) is 24.5 Å². The van der Waals surface area contributed by atoms with Crippen molar-refractivity contribution in [3.63, 3.8) is 0 Å². The van der Waals surface area contributed by atoms with Crippen molar-refractivity contribution in [1.82, 2.24) is 9.99 Å². The van der Waals surface area contributed by atoms with Gasteiger partial charge in [-0.2, -0.15) is 18.2 Å². The van der Waals surface area contributed by atoms with E-state index in [0.717, 1.165) is 16.1 Å². The normalized spacial score (nSPS) is 23.5. The second kappa shape index (κ2) is 16.9.